The number of rotatable bonds is 5. The summed E-state index contributed by atoms with van der Waals surface area (Å²) in [7, 11) is 0. The molecule has 30 heavy (non-hydrogen) atoms. The molecule has 0 saturated carbocycles. The van der Waals surface area contributed by atoms with Crippen molar-refractivity contribution in [3.05, 3.63) is 36.3 Å². The van der Waals surface area contributed by atoms with Gasteiger partial charge in [0.15, 0.2) is 0 Å². The van der Waals surface area contributed by atoms with Crippen molar-refractivity contribution < 1.29 is 17.9 Å². The van der Waals surface area contributed by atoms with Crippen LogP contribution in [0.2, 0.25) is 0 Å². The van der Waals surface area contributed by atoms with Gasteiger partial charge in [-0.25, -0.2) is 15.0 Å². The van der Waals surface area contributed by atoms with E-state index in [9.17, 15) is 13.2 Å². The number of alkyl halides is 3. The molecule has 0 spiro atoms. The number of nitrogens with zero attached hydrogens (tertiary/aromatic N) is 5. The van der Waals surface area contributed by atoms with Gasteiger partial charge < -0.3 is 14.5 Å². The summed E-state index contributed by atoms with van der Waals surface area (Å²) in [6.07, 6.45) is 5.45. The zero-order valence-corrected chi connectivity index (χ0v) is 16.8. The minimum absolute atomic E-state index is 0.374. The lowest BCUT2D eigenvalue weighted by molar-refractivity contribution is -0.137. The largest absolute Gasteiger partial charge is 0.476 e. The molecule has 2 aromatic rings. The van der Waals surface area contributed by atoms with E-state index in [-0.39, 0.29) is 0 Å². The maximum atomic E-state index is 12.7. The summed E-state index contributed by atoms with van der Waals surface area (Å²) in [5.41, 5.74) is -0.720. The molecule has 0 bridgehead atoms. The summed E-state index contributed by atoms with van der Waals surface area (Å²) < 4.78 is 43.9. The molecule has 162 valence electrons. The Hall–Kier alpha value is -2.58. The summed E-state index contributed by atoms with van der Waals surface area (Å²) in [5.74, 6) is 2.39. The van der Waals surface area contributed by atoms with Crippen molar-refractivity contribution in [1.82, 2.24) is 15.0 Å². The first-order valence-electron chi connectivity index (χ1n) is 10.5. The molecule has 0 aromatic carbocycles. The Morgan fingerprint density at radius 2 is 1.53 bits per heavy atom. The second-order valence-corrected chi connectivity index (χ2v) is 7.90. The first-order chi connectivity index (χ1) is 14.5. The second-order valence-electron chi connectivity index (χ2n) is 7.90. The first-order valence-corrected chi connectivity index (χ1v) is 10.5. The van der Waals surface area contributed by atoms with Crippen LogP contribution in [0.3, 0.4) is 0 Å². The highest BCUT2D eigenvalue weighted by Gasteiger charge is 2.31. The lowest BCUT2D eigenvalue weighted by Crippen LogP contribution is -2.36. The molecule has 0 N–H and O–H groups in total. The molecule has 0 unspecified atom stereocenters. The van der Waals surface area contributed by atoms with Gasteiger partial charge in [-0.05, 0) is 50.2 Å². The van der Waals surface area contributed by atoms with Crippen LogP contribution in [-0.4, -0.2) is 47.7 Å². The van der Waals surface area contributed by atoms with Gasteiger partial charge in [-0.2, -0.15) is 13.2 Å². The van der Waals surface area contributed by atoms with Crippen molar-refractivity contribution in [1.29, 1.82) is 0 Å². The van der Waals surface area contributed by atoms with Crippen LogP contribution in [0.1, 0.15) is 37.7 Å². The van der Waals surface area contributed by atoms with Crippen LogP contribution in [0.15, 0.2) is 30.7 Å². The molecular formula is C21H26F3N5O. The summed E-state index contributed by atoms with van der Waals surface area (Å²) in [5, 5.41) is 0. The number of hydrogen-bond acceptors (Lipinski definition) is 6. The van der Waals surface area contributed by atoms with Crippen LogP contribution >= 0.6 is 0 Å². The van der Waals surface area contributed by atoms with E-state index in [2.05, 4.69) is 19.9 Å². The summed E-state index contributed by atoms with van der Waals surface area (Å²) in [6.45, 7) is 4.10. The van der Waals surface area contributed by atoms with Gasteiger partial charge in [0, 0.05) is 32.4 Å². The monoisotopic (exact) mass is 421 g/mol. The van der Waals surface area contributed by atoms with Crippen LogP contribution < -0.4 is 14.5 Å². The number of halogens is 3. The summed E-state index contributed by atoms with van der Waals surface area (Å²) in [6, 6.07) is 2.53. The van der Waals surface area contributed by atoms with E-state index in [1.165, 1.54) is 25.3 Å². The highest BCUT2D eigenvalue weighted by Crippen LogP contribution is 2.30. The van der Waals surface area contributed by atoms with Gasteiger partial charge in [0.05, 0.1) is 24.6 Å². The third-order valence-electron chi connectivity index (χ3n) is 5.78. The molecule has 0 aliphatic carbocycles. The molecule has 0 atom stereocenters. The van der Waals surface area contributed by atoms with E-state index in [1.54, 1.807) is 12.4 Å². The standard InChI is InChI=1S/C21H26F3N5O/c22-21(23,24)17-4-5-18(25-12-17)29-10-6-16(7-11-29)15-30-20-14-26-19(13-27-20)28-8-2-1-3-9-28/h4-5,12-14,16H,1-3,6-11,15H2. The summed E-state index contributed by atoms with van der Waals surface area (Å²) >= 11 is 0. The summed E-state index contributed by atoms with van der Waals surface area (Å²) in [4.78, 5) is 17.1. The Morgan fingerprint density at radius 3 is 2.13 bits per heavy atom. The number of ether oxygens (including phenoxy) is 1. The van der Waals surface area contributed by atoms with Crippen LogP contribution in [0, 0.1) is 5.92 Å². The van der Waals surface area contributed by atoms with Gasteiger partial charge in [0.25, 0.3) is 0 Å². The number of hydrogen-bond donors (Lipinski definition) is 0. The zero-order valence-electron chi connectivity index (χ0n) is 16.8. The van der Waals surface area contributed by atoms with Crippen molar-refractivity contribution in [2.24, 2.45) is 5.92 Å². The predicted molar refractivity (Wildman–Crippen MR) is 108 cm³/mol. The maximum Gasteiger partial charge on any atom is 0.417 e. The van der Waals surface area contributed by atoms with Crippen molar-refractivity contribution >= 4 is 11.6 Å². The Bertz CT molecular complexity index is 799. The Morgan fingerprint density at radius 1 is 0.833 bits per heavy atom. The molecule has 2 saturated heterocycles. The molecule has 4 rings (SSSR count). The Labute approximate surface area is 174 Å². The fourth-order valence-electron chi connectivity index (χ4n) is 3.94. The minimum Gasteiger partial charge on any atom is -0.476 e. The van der Waals surface area contributed by atoms with E-state index < -0.39 is 11.7 Å². The molecule has 0 amide bonds. The molecule has 2 aromatic heterocycles. The normalized spacial score (nSPS) is 18.5. The van der Waals surface area contributed by atoms with Gasteiger partial charge in [0.1, 0.15) is 11.6 Å². The third kappa shape index (κ3) is 5.12. The van der Waals surface area contributed by atoms with E-state index in [4.69, 9.17) is 4.74 Å². The van der Waals surface area contributed by atoms with E-state index in [0.717, 1.165) is 57.1 Å². The maximum absolute atomic E-state index is 12.7. The number of aromatic nitrogens is 3. The lowest BCUT2D eigenvalue weighted by Gasteiger charge is -2.32. The quantitative estimate of drug-likeness (QED) is 0.722. The first kappa shape index (κ1) is 20.7. The second kappa shape index (κ2) is 9.06. The average molecular weight is 421 g/mol. The molecule has 0 radical (unpaired) electrons. The van der Waals surface area contributed by atoms with Gasteiger partial charge in [0.2, 0.25) is 5.88 Å². The number of piperidine rings is 2. The molecule has 4 heterocycles. The number of anilines is 2. The molecule has 2 aliphatic rings. The minimum atomic E-state index is -4.36. The SMILES string of the molecule is FC(F)(F)c1ccc(N2CCC(COc3cnc(N4CCCCC4)cn3)CC2)nc1. The topological polar surface area (TPSA) is 54.4 Å². The predicted octanol–water partition coefficient (Wildman–Crippen LogP) is 4.18. The van der Waals surface area contributed by atoms with Crippen LogP contribution in [-0.2, 0) is 6.18 Å². The van der Waals surface area contributed by atoms with Gasteiger partial charge >= 0.3 is 6.18 Å². The number of pyridine rings is 1. The molecule has 6 nitrogen and oxygen atoms in total. The molecular weight excluding hydrogens is 395 g/mol. The van der Waals surface area contributed by atoms with Gasteiger partial charge in [-0.15, -0.1) is 0 Å². The zero-order chi connectivity index (χ0) is 21.0. The van der Waals surface area contributed by atoms with Crippen LogP contribution in [0.4, 0.5) is 24.8 Å². The average Bonchev–Trinajstić information content (AvgIpc) is 2.78. The lowest BCUT2D eigenvalue weighted by atomic mass is 9.98. The Kier molecular flexibility index (Phi) is 6.24. The van der Waals surface area contributed by atoms with Crippen LogP contribution in [0.5, 0.6) is 5.88 Å². The smallest absolute Gasteiger partial charge is 0.417 e. The molecule has 9 heteroatoms. The van der Waals surface area contributed by atoms with Gasteiger partial charge in [-0.3, -0.25) is 0 Å². The van der Waals surface area contributed by atoms with E-state index in [1.807, 2.05) is 4.90 Å². The van der Waals surface area contributed by atoms with Crippen LogP contribution in [0.25, 0.3) is 0 Å². The van der Waals surface area contributed by atoms with Crippen molar-refractivity contribution in [2.45, 2.75) is 38.3 Å². The molecule has 2 fully saturated rings. The van der Waals surface area contributed by atoms with E-state index in [0.29, 0.717) is 24.2 Å². The highest BCUT2D eigenvalue weighted by molar-refractivity contribution is 5.40. The third-order valence-corrected chi connectivity index (χ3v) is 5.78. The van der Waals surface area contributed by atoms with Crippen molar-refractivity contribution in [3.63, 3.8) is 0 Å². The van der Waals surface area contributed by atoms with E-state index >= 15 is 0 Å². The van der Waals surface area contributed by atoms with Crippen molar-refractivity contribution in [3.8, 4) is 5.88 Å². The highest BCUT2D eigenvalue weighted by atomic mass is 19.4. The van der Waals surface area contributed by atoms with Crippen molar-refractivity contribution in [2.75, 3.05) is 42.6 Å². The fourth-order valence-corrected chi connectivity index (χ4v) is 3.94. The van der Waals surface area contributed by atoms with Gasteiger partial charge in [-0.1, -0.05) is 0 Å². The molecule has 2 aliphatic heterocycles. The Balaban J connectivity index is 1.23. The fraction of sp³-hybridized carbons (Fsp3) is 0.571.